The molecule has 1 aliphatic carbocycles. The van der Waals surface area contributed by atoms with E-state index in [0.29, 0.717) is 6.54 Å². The van der Waals surface area contributed by atoms with E-state index in [-0.39, 0.29) is 33.8 Å². The number of thiophene rings is 1. The van der Waals surface area contributed by atoms with Crippen LogP contribution in [0.1, 0.15) is 29.6 Å². The van der Waals surface area contributed by atoms with Crippen molar-refractivity contribution in [1.29, 1.82) is 0 Å². The van der Waals surface area contributed by atoms with Crippen molar-refractivity contribution < 1.29 is 22.8 Å². The zero-order chi connectivity index (χ0) is 21.3. The number of hydrogen-bond donors (Lipinski definition) is 3. The number of rotatable bonds is 6. The topological polar surface area (TPSA) is 125 Å². The van der Waals surface area contributed by atoms with E-state index >= 15 is 0 Å². The quantitative estimate of drug-likeness (QED) is 0.575. The third-order valence-electron chi connectivity index (χ3n) is 4.99. The number of carbonyl (C=O) groups excluding carboxylic acids is 3. The Morgan fingerprint density at radius 2 is 1.83 bits per heavy atom. The molecule has 11 heteroatoms. The number of hydrazine groups is 1. The van der Waals surface area contributed by atoms with E-state index < -0.39 is 27.8 Å². The van der Waals surface area contributed by atoms with Crippen LogP contribution >= 0.6 is 11.3 Å². The van der Waals surface area contributed by atoms with Crippen molar-refractivity contribution in [3.8, 4) is 0 Å². The maximum absolute atomic E-state index is 12.6. The number of carbonyl (C=O) groups is 3. The molecule has 30 heavy (non-hydrogen) atoms. The molecular weight excluding hydrogens is 428 g/mol. The average molecular weight is 449 g/mol. The standard InChI is InChI=1S/C19H20N4O5S2/c24-16-10-12(11-23(16)13-7-8-13)18(25)20-21-19(26)14-4-1-2-5-15(14)22-30(27,28)17-6-3-9-29-17/h1-6,9,12-13,22H,7-8,10-11H2,(H,20,25)(H,21,26). The van der Waals surface area contributed by atoms with E-state index in [9.17, 15) is 22.8 Å². The van der Waals surface area contributed by atoms with Gasteiger partial charge in [0, 0.05) is 19.0 Å². The fourth-order valence-electron chi connectivity index (χ4n) is 3.32. The first-order valence-electron chi connectivity index (χ1n) is 9.40. The van der Waals surface area contributed by atoms with Gasteiger partial charge in [0.15, 0.2) is 0 Å². The fourth-order valence-corrected chi connectivity index (χ4v) is 5.39. The highest BCUT2D eigenvalue weighted by Crippen LogP contribution is 2.32. The van der Waals surface area contributed by atoms with Gasteiger partial charge >= 0.3 is 0 Å². The molecule has 4 rings (SSSR count). The van der Waals surface area contributed by atoms with Crippen molar-refractivity contribution in [3.63, 3.8) is 0 Å². The van der Waals surface area contributed by atoms with Crippen LogP contribution in [0.3, 0.4) is 0 Å². The minimum absolute atomic E-state index is 0.0442. The van der Waals surface area contributed by atoms with Crippen molar-refractivity contribution in [2.45, 2.75) is 29.5 Å². The van der Waals surface area contributed by atoms with Gasteiger partial charge in [-0.2, -0.15) is 0 Å². The smallest absolute Gasteiger partial charge is 0.271 e. The van der Waals surface area contributed by atoms with Crippen LogP contribution in [0, 0.1) is 5.92 Å². The number of benzene rings is 1. The predicted octanol–water partition coefficient (Wildman–Crippen LogP) is 1.32. The van der Waals surface area contributed by atoms with Crippen LogP contribution in [-0.4, -0.2) is 43.6 Å². The van der Waals surface area contributed by atoms with E-state index in [1.54, 1.807) is 28.5 Å². The summed E-state index contributed by atoms with van der Waals surface area (Å²) < 4.78 is 27.4. The molecule has 1 aromatic carbocycles. The molecule has 158 valence electrons. The summed E-state index contributed by atoms with van der Waals surface area (Å²) >= 11 is 1.06. The SMILES string of the molecule is O=C(NNC(=O)C1CC(=O)N(C2CC2)C1)c1ccccc1NS(=O)(=O)c1cccs1. The molecule has 1 saturated carbocycles. The molecule has 0 bridgehead atoms. The van der Waals surface area contributed by atoms with Crippen molar-refractivity contribution in [2.24, 2.45) is 5.92 Å². The third kappa shape index (κ3) is 4.31. The Bertz CT molecular complexity index is 1080. The van der Waals surface area contributed by atoms with Crippen molar-refractivity contribution in [3.05, 3.63) is 47.3 Å². The highest BCUT2D eigenvalue weighted by Gasteiger charge is 2.41. The number of nitrogens with zero attached hydrogens (tertiary/aromatic N) is 1. The summed E-state index contributed by atoms with van der Waals surface area (Å²) in [5, 5.41) is 1.64. The Kier molecular flexibility index (Phi) is 5.48. The summed E-state index contributed by atoms with van der Waals surface area (Å²) in [5.74, 6) is -1.68. The number of para-hydroxylation sites is 1. The van der Waals surface area contributed by atoms with Crippen molar-refractivity contribution in [2.75, 3.05) is 11.3 Å². The summed E-state index contributed by atoms with van der Waals surface area (Å²) in [5.41, 5.74) is 4.81. The molecule has 3 N–H and O–H groups in total. The number of anilines is 1. The van der Waals surface area contributed by atoms with Crippen LogP contribution < -0.4 is 15.6 Å². The number of amides is 3. The third-order valence-corrected chi connectivity index (χ3v) is 7.76. The number of likely N-dealkylation sites (tertiary alicyclic amines) is 1. The first-order chi connectivity index (χ1) is 14.3. The van der Waals surface area contributed by atoms with Gasteiger partial charge in [0.25, 0.3) is 15.9 Å². The lowest BCUT2D eigenvalue weighted by Gasteiger charge is -2.16. The number of nitrogens with one attached hydrogen (secondary N) is 3. The molecule has 1 unspecified atom stereocenters. The summed E-state index contributed by atoms with van der Waals surface area (Å²) in [6, 6.07) is 9.41. The van der Waals surface area contributed by atoms with Gasteiger partial charge in [-0.15, -0.1) is 11.3 Å². The van der Waals surface area contributed by atoms with E-state index in [4.69, 9.17) is 0 Å². The van der Waals surface area contributed by atoms with Crippen molar-refractivity contribution in [1.82, 2.24) is 15.8 Å². The second-order valence-corrected chi connectivity index (χ2v) is 10.1. The molecular formula is C19H20N4O5S2. The first kappa shape index (κ1) is 20.4. The Morgan fingerprint density at radius 1 is 1.07 bits per heavy atom. The van der Waals surface area contributed by atoms with Gasteiger partial charge in [-0.3, -0.25) is 30.0 Å². The van der Waals surface area contributed by atoms with Gasteiger partial charge in [0.2, 0.25) is 11.8 Å². The first-order valence-corrected chi connectivity index (χ1v) is 11.8. The number of hydrogen-bond acceptors (Lipinski definition) is 6. The lowest BCUT2D eigenvalue weighted by molar-refractivity contribution is -0.129. The fraction of sp³-hybridized carbons (Fsp3) is 0.316. The lowest BCUT2D eigenvalue weighted by atomic mass is 10.1. The molecule has 1 aromatic heterocycles. The lowest BCUT2D eigenvalue weighted by Crippen LogP contribution is -2.45. The minimum atomic E-state index is -3.83. The van der Waals surface area contributed by atoms with Crippen LogP contribution in [0.15, 0.2) is 46.0 Å². The highest BCUT2D eigenvalue weighted by atomic mass is 32.2. The maximum Gasteiger partial charge on any atom is 0.271 e. The van der Waals surface area contributed by atoms with Crippen LogP contribution in [0.2, 0.25) is 0 Å². The zero-order valence-corrected chi connectivity index (χ0v) is 17.5. The molecule has 0 spiro atoms. The van der Waals surface area contributed by atoms with Gasteiger partial charge in [0.05, 0.1) is 17.2 Å². The molecule has 3 amide bonds. The molecule has 9 nitrogen and oxygen atoms in total. The zero-order valence-electron chi connectivity index (χ0n) is 15.8. The van der Waals surface area contributed by atoms with E-state index in [2.05, 4.69) is 15.6 Å². The van der Waals surface area contributed by atoms with Gasteiger partial charge in [-0.25, -0.2) is 8.42 Å². The summed E-state index contributed by atoms with van der Waals surface area (Å²) in [6.45, 7) is 0.350. The second-order valence-electron chi connectivity index (χ2n) is 7.20. The Labute approximate surface area is 177 Å². The maximum atomic E-state index is 12.6. The van der Waals surface area contributed by atoms with Crippen LogP contribution in [0.5, 0.6) is 0 Å². The minimum Gasteiger partial charge on any atom is -0.339 e. The predicted molar refractivity (Wildman–Crippen MR) is 110 cm³/mol. The molecule has 2 aromatic rings. The summed E-state index contributed by atoms with van der Waals surface area (Å²) in [7, 11) is -3.83. The largest absolute Gasteiger partial charge is 0.339 e. The highest BCUT2D eigenvalue weighted by molar-refractivity contribution is 7.94. The molecule has 2 fully saturated rings. The Hall–Kier alpha value is -2.92. The molecule has 1 aliphatic heterocycles. The molecule has 1 atom stereocenters. The van der Waals surface area contributed by atoms with Crippen molar-refractivity contribution >= 4 is 44.8 Å². The van der Waals surface area contributed by atoms with Gasteiger partial charge in [-0.05, 0) is 36.4 Å². The van der Waals surface area contributed by atoms with Crippen LogP contribution in [-0.2, 0) is 19.6 Å². The van der Waals surface area contributed by atoms with Gasteiger partial charge in [0.1, 0.15) is 4.21 Å². The van der Waals surface area contributed by atoms with Gasteiger partial charge < -0.3 is 4.90 Å². The monoisotopic (exact) mass is 448 g/mol. The Balaban J connectivity index is 1.39. The summed E-state index contributed by atoms with van der Waals surface area (Å²) in [4.78, 5) is 38.7. The van der Waals surface area contributed by atoms with E-state index in [0.717, 1.165) is 24.2 Å². The second kappa shape index (κ2) is 8.07. The van der Waals surface area contributed by atoms with Crippen LogP contribution in [0.4, 0.5) is 5.69 Å². The van der Waals surface area contributed by atoms with E-state index in [1.807, 2.05) is 0 Å². The molecule has 0 radical (unpaired) electrons. The molecule has 2 heterocycles. The molecule has 2 aliphatic rings. The van der Waals surface area contributed by atoms with Crippen LogP contribution in [0.25, 0.3) is 0 Å². The summed E-state index contributed by atoms with van der Waals surface area (Å²) in [6.07, 6.45) is 2.05. The Morgan fingerprint density at radius 3 is 2.53 bits per heavy atom. The molecule has 1 saturated heterocycles. The average Bonchev–Trinajstić information content (AvgIpc) is 3.24. The van der Waals surface area contributed by atoms with E-state index in [1.165, 1.54) is 18.2 Å². The van der Waals surface area contributed by atoms with Gasteiger partial charge in [-0.1, -0.05) is 18.2 Å². The number of sulfonamides is 1. The normalized spacial score (nSPS) is 18.9.